The fourth-order valence-corrected chi connectivity index (χ4v) is 2.35. The van der Waals surface area contributed by atoms with E-state index >= 15 is 0 Å². The van der Waals surface area contributed by atoms with Crippen molar-refractivity contribution < 1.29 is 14.2 Å². The van der Waals surface area contributed by atoms with E-state index in [2.05, 4.69) is 25.3 Å². The summed E-state index contributed by atoms with van der Waals surface area (Å²) in [6, 6.07) is 3.64. The zero-order valence-electron chi connectivity index (χ0n) is 13.5. The molecule has 0 radical (unpaired) electrons. The molecule has 0 bridgehead atoms. The van der Waals surface area contributed by atoms with E-state index in [0.29, 0.717) is 40.9 Å². The number of aromatic nitrogens is 4. The standard InChI is InChI=1S/C15H17N5O4/c1-22-9-4-8(5-10(23-2)12(9)24-3)6-16-15-19-13-11(14(21)20-15)17-7-18-13/h4-5,7H,6H2,1-3H3,(H3,16,17,18,19,20,21). The molecule has 3 N–H and O–H groups in total. The van der Waals surface area contributed by atoms with Gasteiger partial charge in [0, 0.05) is 6.54 Å². The van der Waals surface area contributed by atoms with E-state index in [1.165, 1.54) is 6.33 Å². The van der Waals surface area contributed by atoms with E-state index < -0.39 is 0 Å². The molecule has 0 fully saturated rings. The van der Waals surface area contributed by atoms with Gasteiger partial charge in [0.1, 0.15) is 0 Å². The number of nitrogens with zero attached hydrogens (tertiary/aromatic N) is 2. The number of hydrogen-bond donors (Lipinski definition) is 3. The average molecular weight is 331 g/mol. The van der Waals surface area contributed by atoms with Crippen molar-refractivity contribution in [3.63, 3.8) is 0 Å². The SMILES string of the molecule is COc1cc(CNc2nc3nc[nH]c3c(=O)[nH]2)cc(OC)c1OC. The number of methoxy groups -OCH3 is 3. The van der Waals surface area contributed by atoms with Crippen molar-refractivity contribution in [2.45, 2.75) is 6.54 Å². The molecule has 3 aromatic rings. The molecular formula is C15H17N5O4. The maximum Gasteiger partial charge on any atom is 0.278 e. The van der Waals surface area contributed by atoms with E-state index in [1.54, 1.807) is 21.3 Å². The number of fused-ring (bicyclic) bond motifs is 1. The van der Waals surface area contributed by atoms with Crippen LogP contribution in [0.25, 0.3) is 11.2 Å². The summed E-state index contributed by atoms with van der Waals surface area (Å²) in [4.78, 5) is 25.5. The van der Waals surface area contributed by atoms with E-state index in [4.69, 9.17) is 14.2 Å². The average Bonchev–Trinajstić information content (AvgIpc) is 3.08. The molecule has 126 valence electrons. The lowest BCUT2D eigenvalue weighted by Crippen LogP contribution is -2.13. The molecule has 0 aliphatic rings. The molecule has 0 amide bonds. The van der Waals surface area contributed by atoms with Crippen LogP contribution in [-0.4, -0.2) is 41.3 Å². The van der Waals surface area contributed by atoms with Crippen molar-refractivity contribution in [1.29, 1.82) is 0 Å². The highest BCUT2D eigenvalue weighted by Gasteiger charge is 2.13. The van der Waals surface area contributed by atoms with Crippen molar-refractivity contribution >= 4 is 17.1 Å². The van der Waals surface area contributed by atoms with Gasteiger partial charge in [0.15, 0.2) is 22.7 Å². The van der Waals surface area contributed by atoms with Crippen molar-refractivity contribution in [2.75, 3.05) is 26.6 Å². The number of hydrogen-bond acceptors (Lipinski definition) is 7. The van der Waals surface area contributed by atoms with Gasteiger partial charge in [-0.3, -0.25) is 9.78 Å². The summed E-state index contributed by atoms with van der Waals surface area (Å²) in [5.41, 5.74) is 1.28. The number of H-pyrrole nitrogens is 2. The second-order valence-electron chi connectivity index (χ2n) is 4.90. The number of benzene rings is 1. The summed E-state index contributed by atoms with van der Waals surface area (Å²) in [7, 11) is 4.66. The maximum atomic E-state index is 11.9. The van der Waals surface area contributed by atoms with Crippen molar-refractivity contribution in [1.82, 2.24) is 19.9 Å². The zero-order valence-corrected chi connectivity index (χ0v) is 13.5. The maximum absolute atomic E-state index is 11.9. The Balaban J connectivity index is 1.86. The van der Waals surface area contributed by atoms with Crippen molar-refractivity contribution in [3.05, 3.63) is 34.4 Å². The predicted molar refractivity (Wildman–Crippen MR) is 87.9 cm³/mol. The first-order valence-electron chi connectivity index (χ1n) is 7.12. The van der Waals surface area contributed by atoms with Crippen molar-refractivity contribution in [2.24, 2.45) is 0 Å². The summed E-state index contributed by atoms with van der Waals surface area (Å²) in [5, 5.41) is 3.05. The number of aromatic amines is 2. The summed E-state index contributed by atoms with van der Waals surface area (Å²) >= 11 is 0. The highest BCUT2D eigenvalue weighted by molar-refractivity contribution is 5.69. The van der Waals surface area contributed by atoms with Gasteiger partial charge in [-0.25, -0.2) is 4.98 Å². The molecule has 0 unspecified atom stereocenters. The van der Waals surface area contributed by atoms with Gasteiger partial charge < -0.3 is 24.5 Å². The van der Waals surface area contributed by atoms with Gasteiger partial charge in [-0.15, -0.1) is 0 Å². The molecule has 0 saturated heterocycles. The molecule has 0 spiro atoms. The van der Waals surface area contributed by atoms with Crippen LogP contribution >= 0.6 is 0 Å². The molecule has 24 heavy (non-hydrogen) atoms. The minimum absolute atomic E-state index is 0.287. The van der Waals surface area contributed by atoms with Crippen LogP contribution in [0.4, 0.5) is 5.95 Å². The highest BCUT2D eigenvalue weighted by atomic mass is 16.5. The number of imidazole rings is 1. The van der Waals surface area contributed by atoms with Gasteiger partial charge in [-0.05, 0) is 17.7 Å². The lowest BCUT2D eigenvalue weighted by molar-refractivity contribution is 0.324. The van der Waals surface area contributed by atoms with Gasteiger partial charge in [0.05, 0.1) is 27.7 Å². The van der Waals surface area contributed by atoms with E-state index in [1.807, 2.05) is 12.1 Å². The summed E-state index contributed by atoms with van der Waals surface area (Å²) < 4.78 is 15.9. The van der Waals surface area contributed by atoms with E-state index in [0.717, 1.165) is 5.56 Å². The molecule has 0 aliphatic heterocycles. The minimum Gasteiger partial charge on any atom is -0.493 e. The van der Waals surface area contributed by atoms with Gasteiger partial charge in [-0.1, -0.05) is 0 Å². The third-order valence-electron chi connectivity index (χ3n) is 3.48. The second-order valence-corrected chi connectivity index (χ2v) is 4.90. The van der Waals surface area contributed by atoms with Crippen molar-refractivity contribution in [3.8, 4) is 17.2 Å². The molecule has 1 aromatic carbocycles. The molecule has 0 atom stereocenters. The first kappa shape index (κ1) is 15.7. The van der Waals surface area contributed by atoms with Gasteiger partial charge in [-0.2, -0.15) is 4.98 Å². The van der Waals surface area contributed by atoms with Crippen LogP contribution in [0.5, 0.6) is 17.2 Å². The molecule has 0 saturated carbocycles. The van der Waals surface area contributed by atoms with E-state index in [9.17, 15) is 4.79 Å². The third kappa shape index (κ3) is 2.83. The lowest BCUT2D eigenvalue weighted by Gasteiger charge is -2.14. The monoisotopic (exact) mass is 331 g/mol. The Labute approximate surface area is 137 Å². The summed E-state index contributed by atoms with van der Waals surface area (Å²) in [6.45, 7) is 0.398. The molecule has 0 aliphatic carbocycles. The van der Waals surface area contributed by atoms with Crippen LogP contribution in [0, 0.1) is 0 Å². The van der Waals surface area contributed by atoms with Crippen LogP contribution in [-0.2, 0) is 6.54 Å². The third-order valence-corrected chi connectivity index (χ3v) is 3.48. The number of rotatable bonds is 6. The number of anilines is 1. The molecule has 9 nitrogen and oxygen atoms in total. The second kappa shape index (κ2) is 6.49. The van der Waals surface area contributed by atoms with Crippen LogP contribution in [0.2, 0.25) is 0 Å². The zero-order chi connectivity index (χ0) is 17.1. The topological polar surface area (TPSA) is 114 Å². The predicted octanol–water partition coefficient (Wildman–Crippen LogP) is 1.28. The Bertz CT molecular complexity index is 893. The van der Waals surface area contributed by atoms with Crippen LogP contribution in [0.1, 0.15) is 5.56 Å². The number of nitrogens with one attached hydrogen (secondary N) is 3. The van der Waals surface area contributed by atoms with Gasteiger partial charge in [0.25, 0.3) is 5.56 Å². The lowest BCUT2D eigenvalue weighted by atomic mass is 10.2. The summed E-state index contributed by atoms with van der Waals surface area (Å²) in [6.07, 6.45) is 1.43. The Hall–Kier alpha value is -3.23. The molecule has 3 rings (SSSR count). The Kier molecular flexibility index (Phi) is 4.23. The quantitative estimate of drug-likeness (QED) is 0.623. The van der Waals surface area contributed by atoms with Gasteiger partial charge >= 0.3 is 0 Å². The molecule has 9 heteroatoms. The fourth-order valence-electron chi connectivity index (χ4n) is 2.35. The molecule has 2 aromatic heterocycles. The Morgan fingerprint density at radius 1 is 1.12 bits per heavy atom. The Morgan fingerprint density at radius 3 is 2.46 bits per heavy atom. The van der Waals surface area contributed by atoms with Crippen LogP contribution in [0.15, 0.2) is 23.3 Å². The smallest absolute Gasteiger partial charge is 0.278 e. The normalized spacial score (nSPS) is 10.6. The fraction of sp³-hybridized carbons (Fsp3) is 0.267. The highest BCUT2D eigenvalue weighted by Crippen LogP contribution is 2.38. The minimum atomic E-state index is -0.287. The largest absolute Gasteiger partial charge is 0.493 e. The summed E-state index contributed by atoms with van der Waals surface area (Å²) in [5.74, 6) is 1.96. The Morgan fingerprint density at radius 2 is 1.83 bits per heavy atom. The molecule has 2 heterocycles. The first-order chi connectivity index (χ1) is 11.7. The van der Waals surface area contributed by atoms with E-state index in [-0.39, 0.29) is 5.56 Å². The molecular weight excluding hydrogens is 314 g/mol. The first-order valence-corrected chi connectivity index (χ1v) is 7.12. The number of ether oxygens (including phenoxy) is 3. The van der Waals surface area contributed by atoms with Gasteiger partial charge in [0.2, 0.25) is 11.7 Å². The van der Waals surface area contributed by atoms with Crippen LogP contribution in [0.3, 0.4) is 0 Å². The van der Waals surface area contributed by atoms with Crippen LogP contribution < -0.4 is 25.1 Å².